The van der Waals surface area contributed by atoms with Crippen LogP contribution >= 0.6 is 0 Å². The van der Waals surface area contributed by atoms with Crippen LogP contribution in [0.3, 0.4) is 0 Å². The van der Waals surface area contributed by atoms with E-state index in [-0.39, 0.29) is 18.2 Å². The van der Waals surface area contributed by atoms with Crippen molar-refractivity contribution in [3.8, 4) is 5.88 Å². The van der Waals surface area contributed by atoms with E-state index >= 15 is 0 Å². The molecule has 1 saturated heterocycles. The Bertz CT molecular complexity index is 433. The van der Waals surface area contributed by atoms with Crippen LogP contribution in [0.25, 0.3) is 0 Å². The summed E-state index contributed by atoms with van der Waals surface area (Å²) in [5.74, 6) is 0.515. The van der Waals surface area contributed by atoms with E-state index in [4.69, 9.17) is 4.74 Å². The molecule has 0 saturated carbocycles. The summed E-state index contributed by atoms with van der Waals surface area (Å²) in [5, 5.41) is 10.8. The number of ether oxygens (including phenoxy) is 1. The summed E-state index contributed by atoms with van der Waals surface area (Å²) in [4.78, 5) is 13.6. The summed E-state index contributed by atoms with van der Waals surface area (Å²) < 4.78 is 5.72. The zero-order valence-corrected chi connectivity index (χ0v) is 11.6. The summed E-state index contributed by atoms with van der Waals surface area (Å²) in [7, 11) is 0. The third-order valence-corrected chi connectivity index (χ3v) is 2.91. The number of nitrogens with one attached hydrogen (secondary N) is 1. The maximum atomic E-state index is 11.8. The van der Waals surface area contributed by atoms with Crippen molar-refractivity contribution >= 4 is 6.03 Å². The number of amides is 2. The Kier molecular flexibility index (Phi) is 4.19. The highest BCUT2D eigenvalue weighted by Crippen LogP contribution is 2.16. The fraction of sp³-hybridized carbons (Fsp3) is 0.615. The van der Waals surface area contributed by atoms with Gasteiger partial charge in [0, 0.05) is 25.1 Å². The van der Waals surface area contributed by atoms with Crippen LogP contribution in [0.1, 0.15) is 26.0 Å². The fourth-order valence-corrected chi connectivity index (χ4v) is 1.97. The summed E-state index contributed by atoms with van der Waals surface area (Å²) in [5.41, 5.74) is 0.858. The van der Waals surface area contributed by atoms with Crippen LogP contribution in [-0.4, -0.2) is 46.4 Å². The van der Waals surface area contributed by atoms with Gasteiger partial charge in [0.25, 0.3) is 0 Å². The standard InChI is InChI=1S/C13H20N4O2/c1-9(2)14-13(18)17-7-6-11(8-17)19-12-5-4-10(3)15-16-12/h4-5,9,11H,6-8H2,1-3H3,(H,14,18). The molecule has 0 aliphatic carbocycles. The third-order valence-electron chi connectivity index (χ3n) is 2.91. The lowest BCUT2D eigenvalue weighted by Gasteiger charge is -2.19. The Labute approximate surface area is 113 Å². The molecule has 1 aromatic heterocycles. The Morgan fingerprint density at radius 2 is 2.26 bits per heavy atom. The lowest BCUT2D eigenvalue weighted by atomic mass is 10.3. The first-order valence-electron chi connectivity index (χ1n) is 6.57. The van der Waals surface area contributed by atoms with E-state index in [1.807, 2.05) is 26.8 Å². The number of urea groups is 1. The minimum absolute atomic E-state index is 0.00471. The second kappa shape index (κ2) is 5.86. The molecule has 1 unspecified atom stereocenters. The average molecular weight is 264 g/mol. The van der Waals surface area contributed by atoms with E-state index < -0.39 is 0 Å². The molecule has 19 heavy (non-hydrogen) atoms. The van der Waals surface area contributed by atoms with Crippen molar-refractivity contribution in [2.75, 3.05) is 13.1 Å². The molecular formula is C13H20N4O2. The number of nitrogens with zero attached hydrogens (tertiary/aromatic N) is 3. The predicted octanol–water partition coefficient (Wildman–Crippen LogP) is 1.36. The van der Waals surface area contributed by atoms with Gasteiger partial charge < -0.3 is 15.0 Å². The minimum Gasteiger partial charge on any atom is -0.471 e. The number of aromatic nitrogens is 2. The van der Waals surface area contributed by atoms with Crippen molar-refractivity contribution < 1.29 is 9.53 Å². The molecule has 0 bridgehead atoms. The van der Waals surface area contributed by atoms with Gasteiger partial charge in [-0.25, -0.2) is 4.79 Å². The zero-order chi connectivity index (χ0) is 13.8. The highest BCUT2D eigenvalue weighted by molar-refractivity contribution is 5.74. The minimum atomic E-state index is -0.0314. The number of carbonyl (C=O) groups excluding carboxylic acids is 1. The van der Waals surface area contributed by atoms with E-state index in [1.54, 1.807) is 11.0 Å². The molecule has 2 amide bonds. The van der Waals surface area contributed by atoms with E-state index in [9.17, 15) is 4.79 Å². The highest BCUT2D eigenvalue weighted by Gasteiger charge is 2.28. The van der Waals surface area contributed by atoms with Gasteiger partial charge >= 0.3 is 6.03 Å². The quantitative estimate of drug-likeness (QED) is 0.895. The molecule has 6 heteroatoms. The first-order valence-corrected chi connectivity index (χ1v) is 6.57. The number of likely N-dealkylation sites (tertiary alicyclic amines) is 1. The monoisotopic (exact) mass is 264 g/mol. The predicted molar refractivity (Wildman–Crippen MR) is 71.0 cm³/mol. The number of aryl methyl sites for hydroxylation is 1. The Balaban J connectivity index is 1.85. The van der Waals surface area contributed by atoms with Gasteiger partial charge in [-0.2, -0.15) is 5.10 Å². The van der Waals surface area contributed by atoms with Crippen LogP contribution in [0.5, 0.6) is 5.88 Å². The third kappa shape index (κ3) is 3.81. The van der Waals surface area contributed by atoms with Gasteiger partial charge in [-0.3, -0.25) is 0 Å². The molecule has 1 aliphatic rings. The first-order chi connectivity index (χ1) is 9.04. The van der Waals surface area contributed by atoms with E-state index in [0.29, 0.717) is 19.0 Å². The van der Waals surface area contributed by atoms with Crippen molar-refractivity contribution in [1.82, 2.24) is 20.4 Å². The van der Waals surface area contributed by atoms with Gasteiger partial charge in [-0.05, 0) is 26.8 Å². The maximum Gasteiger partial charge on any atom is 0.317 e. The SMILES string of the molecule is Cc1ccc(OC2CCN(C(=O)NC(C)C)C2)nn1. The Hall–Kier alpha value is -1.85. The lowest BCUT2D eigenvalue weighted by molar-refractivity contribution is 0.180. The van der Waals surface area contributed by atoms with Crippen LogP contribution in [0.15, 0.2) is 12.1 Å². The van der Waals surface area contributed by atoms with E-state index in [0.717, 1.165) is 12.1 Å². The Morgan fingerprint density at radius 3 is 2.89 bits per heavy atom. The zero-order valence-electron chi connectivity index (χ0n) is 11.6. The number of rotatable bonds is 3. The average Bonchev–Trinajstić information content (AvgIpc) is 2.80. The summed E-state index contributed by atoms with van der Waals surface area (Å²) in [6.07, 6.45) is 0.816. The molecule has 1 atom stereocenters. The molecule has 1 aromatic rings. The second-order valence-corrected chi connectivity index (χ2v) is 5.09. The van der Waals surface area contributed by atoms with Gasteiger partial charge in [0.05, 0.1) is 12.2 Å². The summed E-state index contributed by atoms with van der Waals surface area (Å²) in [6, 6.07) is 3.78. The van der Waals surface area contributed by atoms with Crippen molar-refractivity contribution in [2.24, 2.45) is 0 Å². The summed E-state index contributed by atoms with van der Waals surface area (Å²) in [6.45, 7) is 7.08. The van der Waals surface area contributed by atoms with Gasteiger partial charge in [0.15, 0.2) is 0 Å². The molecule has 1 aliphatic heterocycles. The van der Waals surface area contributed by atoms with Crippen LogP contribution in [-0.2, 0) is 0 Å². The molecule has 0 radical (unpaired) electrons. The van der Waals surface area contributed by atoms with Crippen molar-refractivity contribution in [3.05, 3.63) is 17.8 Å². The van der Waals surface area contributed by atoms with Crippen LogP contribution in [0, 0.1) is 6.92 Å². The smallest absolute Gasteiger partial charge is 0.317 e. The van der Waals surface area contributed by atoms with Gasteiger partial charge in [0.2, 0.25) is 5.88 Å². The van der Waals surface area contributed by atoms with E-state index in [1.165, 1.54) is 0 Å². The van der Waals surface area contributed by atoms with Gasteiger partial charge in [0.1, 0.15) is 6.10 Å². The van der Waals surface area contributed by atoms with Crippen LogP contribution < -0.4 is 10.1 Å². The largest absolute Gasteiger partial charge is 0.471 e. The number of hydrogen-bond acceptors (Lipinski definition) is 4. The molecule has 0 spiro atoms. The maximum absolute atomic E-state index is 11.8. The summed E-state index contributed by atoms with van der Waals surface area (Å²) >= 11 is 0. The van der Waals surface area contributed by atoms with E-state index in [2.05, 4.69) is 15.5 Å². The van der Waals surface area contributed by atoms with Crippen molar-refractivity contribution in [1.29, 1.82) is 0 Å². The topological polar surface area (TPSA) is 67.3 Å². The second-order valence-electron chi connectivity index (χ2n) is 5.09. The van der Waals surface area contributed by atoms with Gasteiger partial charge in [-0.1, -0.05) is 0 Å². The normalized spacial score (nSPS) is 18.7. The highest BCUT2D eigenvalue weighted by atomic mass is 16.5. The molecule has 1 N–H and O–H groups in total. The van der Waals surface area contributed by atoms with Crippen LogP contribution in [0.4, 0.5) is 4.79 Å². The number of carbonyl (C=O) groups is 1. The number of hydrogen-bond donors (Lipinski definition) is 1. The van der Waals surface area contributed by atoms with Crippen molar-refractivity contribution in [2.45, 2.75) is 39.3 Å². The molecule has 1 fully saturated rings. The molecular weight excluding hydrogens is 244 g/mol. The lowest BCUT2D eigenvalue weighted by Crippen LogP contribution is -2.42. The fourth-order valence-electron chi connectivity index (χ4n) is 1.97. The molecule has 104 valence electrons. The first kappa shape index (κ1) is 13.6. The van der Waals surface area contributed by atoms with Gasteiger partial charge in [-0.15, -0.1) is 5.10 Å². The Morgan fingerprint density at radius 1 is 1.47 bits per heavy atom. The molecule has 2 rings (SSSR count). The van der Waals surface area contributed by atoms with Crippen molar-refractivity contribution in [3.63, 3.8) is 0 Å². The molecule has 0 aromatic carbocycles. The molecule has 6 nitrogen and oxygen atoms in total. The van der Waals surface area contributed by atoms with Crippen LogP contribution in [0.2, 0.25) is 0 Å². The molecule has 2 heterocycles.